The predicted molar refractivity (Wildman–Crippen MR) is 439 cm³/mol. The number of nitrogens with zero attached hydrogens (tertiary/aromatic N) is 10. The summed E-state index contributed by atoms with van der Waals surface area (Å²) in [6, 6.07) is 32.8. The Morgan fingerprint density at radius 1 is 0.400 bits per heavy atom. The topological polar surface area (TPSA) is 445 Å². The minimum atomic E-state index is -7.45. The minimum absolute atomic E-state index is 0.00506. The fourth-order valence-corrected chi connectivity index (χ4v) is 43.3. The van der Waals surface area contributed by atoms with Crippen LogP contribution in [0.5, 0.6) is 0 Å². The molecule has 7 N–H and O–H groups in total. The summed E-state index contributed by atoms with van der Waals surface area (Å²) in [4.78, 5) is 39.0. The average Bonchev–Trinajstić information content (AvgIpc) is 1.46. The van der Waals surface area contributed by atoms with Crippen molar-refractivity contribution in [2.75, 3.05) is 134 Å². The molecule has 6 aliphatic heterocycles. The van der Waals surface area contributed by atoms with Crippen molar-refractivity contribution < 1.29 is 119 Å². The van der Waals surface area contributed by atoms with Crippen molar-refractivity contribution in [2.24, 2.45) is 25.9 Å². The molecule has 632 valence electrons. The third-order valence-electron chi connectivity index (χ3n) is 22.8. The van der Waals surface area contributed by atoms with Gasteiger partial charge in [-0.2, -0.15) is 5.90 Å². The summed E-state index contributed by atoms with van der Waals surface area (Å²) in [5, 5.41) is 2.97. The van der Waals surface area contributed by atoms with E-state index in [2.05, 4.69) is 48.0 Å². The van der Waals surface area contributed by atoms with Gasteiger partial charge in [-0.25, -0.2) is 0 Å². The normalized spacial score (nSPS) is 17.1. The van der Waals surface area contributed by atoms with E-state index >= 15 is 0 Å². The van der Waals surface area contributed by atoms with Gasteiger partial charge in [0, 0.05) is 0 Å². The maximum atomic E-state index is 12.3. The Morgan fingerprint density at radius 2 is 0.704 bits per heavy atom. The van der Waals surface area contributed by atoms with Crippen molar-refractivity contribution in [3.63, 3.8) is 0 Å². The Labute approximate surface area is 672 Å². The van der Waals surface area contributed by atoms with Gasteiger partial charge in [-0.05, 0) is 0 Å². The summed E-state index contributed by atoms with van der Waals surface area (Å²) in [7, 11) is -36.8. The van der Waals surface area contributed by atoms with Crippen LogP contribution in [0.25, 0.3) is 21.5 Å². The van der Waals surface area contributed by atoms with Crippen molar-refractivity contribution in [1.82, 2.24) is 8.47 Å². The van der Waals surface area contributed by atoms with Crippen LogP contribution < -0.4 is 16.9 Å². The van der Waals surface area contributed by atoms with Crippen LogP contribution in [0.3, 0.4) is 0 Å². The van der Waals surface area contributed by atoms with Crippen LogP contribution in [0.1, 0.15) is 106 Å². The number of benzene rings is 4. The number of fused-ring (bicyclic) bond motifs is 12. The molecule has 1 spiro atoms. The number of hydrogen-bond donors (Lipinski definition) is 6. The summed E-state index contributed by atoms with van der Waals surface area (Å²) in [6.07, 6.45) is 2.88. The van der Waals surface area contributed by atoms with Crippen LogP contribution in [0.2, 0.25) is 38.3 Å². The van der Waals surface area contributed by atoms with Crippen LogP contribution in [-0.2, 0) is 87.4 Å². The number of rotatable bonds is 52. The van der Waals surface area contributed by atoms with E-state index in [1.807, 2.05) is 97.1 Å². The second-order valence-corrected chi connectivity index (χ2v) is 54.2. The molecule has 42 heteroatoms. The van der Waals surface area contributed by atoms with E-state index in [4.69, 9.17) is 44.8 Å². The molecule has 0 aliphatic carbocycles. The summed E-state index contributed by atoms with van der Waals surface area (Å²) < 4.78 is 224. The zero-order chi connectivity index (χ0) is 82.6. The number of nitrogens with two attached hydrogens (primary N) is 1. The van der Waals surface area contributed by atoms with E-state index in [9.17, 15) is 77.9 Å². The third kappa shape index (κ3) is 18.5. The molecule has 0 bridgehead atoms. The van der Waals surface area contributed by atoms with Crippen LogP contribution in [-0.4, -0.2) is 278 Å². The molecule has 6 aromatic rings. The van der Waals surface area contributed by atoms with Crippen molar-refractivity contribution in [3.05, 3.63) is 130 Å². The van der Waals surface area contributed by atoms with Gasteiger partial charge in [0.05, 0.1) is 39.5 Å². The third-order valence-corrected chi connectivity index (χ3v) is 43.5. The van der Waals surface area contributed by atoms with E-state index in [0.717, 1.165) is 43.8 Å². The average molecular weight is 1750 g/mol. The number of aromatic nitrogens is 2. The van der Waals surface area contributed by atoms with E-state index in [0.29, 0.717) is 160 Å². The van der Waals surface area contributed by atoms with E-state index in [1.165, 1.54) is 0 Å². The first-order valence-corrected chi connectivity index (χ1v) is 56.0. The molecule has 4 aromatic carbocycles. The molecule has 6 aliphatic rings. The second kappa shape index (κ2) is 34.3. The van der Waals surface area contributed by atoms with Gasteiger partial charge in [0.1, 0.15) is 0 Å². The molecule has 0 radical (unpaired) electrons. The van der Waals surface area contributed by atoms with Crippen molar-refractivity contribution in [2.45, 2.75) is 122 Å². The number of aliphatic imine (C=N–C) groups is 2. The van der Waals surface area contributed by atoms with Crippen molar-refractivity contribution in [3.8, 4) is 0 Å². The molecule has 12 rings (SSSR count). The second-order valence-electron chi connectivity index (χ2n) is 32.0. The molecule has 0 saturated carbocycles. The first-order chi connectivity index (χ1) is 54.3. The Morgan fingerprint density at radius 3 is 1.05 bits per heavy atom. The van der Waals surface area contributed by atoms with E-state index < -0.39 is 110 Å². The molecule has 0 unspecified atom stereocenters. The predicted octanol–water partition coefficient (Wildman–Crippen LogP) is 6.40. The molecule has 115 heavy (non-hydrogen) atoms. The molecule has 34 nitrogen and oxygen atoms in total. The zero-order valence-corrected chi connectivity index (χ0v) is 72.5. The fraction of sp³-hybridized carbons (Fsp3) is 0.548. The van der Waals surface area contributed by atoms with Gasteiger partial charge in [-0.3, -0.25) is 4.79 Å². The molecular weight excluding hydrogens is 1640 g/mol. The molecular formula is C73H107N11O23S5Si3+2. The molecule has 0 fully saturated rings. The monoisotopic (exact) mass is 1750 g/mol. The summed E-state index contributed by atoms with van der Waals surface area (Å²) >= 11 is 0. The van der Waals surface area contributed by atoms with Crippen molar-refractivity contribution >= 4 is 137 Å². The number of amidine groups is 4. The van der Waals surface area contributed by atoms with E-state index in [1.54, 1.807) is 0 Å². The summed E-state index contributed by atoms with van der Waals surface area (Å²) in [5.41, 5.74) is 3.97. The van der Waals surface area contributed by atoms with Gasteiger partial charge in [-0.15, -0.1) is 0 Å². The number of carbonyl (C=O) groups is 1. The van der Waals surface area contributed by atoms with Crippen LogP contribution in [0, 0.1) is 0 Å². The zero-order valence-electron chi connectivity index (χ0n) is 65.4. The van der Waals surface area contributed by atoms with E-state index in [-0.39, 0.29) is 95.9 Å². The number of hydrogen-bond acceptors (Lipinski definition) is 23. The SMILES string of the molecule is C[Si](C)(CCC[N+](CCCCS(=O)(=O)O)(CCCCS(=O)(=O)O)CCCCS(=O)(=O)O)O[Si-2]123(O[Si](C)(C)CCC[N+](CCCCS(=O)(=O)O)(CCCCS(=O)(=O)O)CCOCCOCCOCCOCCC(=O)ON)n4c5c6ccccc6c4N=C4c6ccccc6C(=[N+]41)N=c1c4ccccc4c(n12)=NC1=[N+]3C(=N5)c2ccccc21. The Balaban J connectivity index is 1.01. The molecule has 8 heterocycles. The van der Waals surface area contributed by atoms with Gasteiger partial charge in [0.25, 0.3) is 0 Å². The summed E-state index contributed by atoms with van der Waals surface area (Å²) in [6.45, 7) is 13.4. The Bertz CT molecular complexity index is 5290. The van der Waals surface area contributed by atoms with Crippen LogP contribution in [0.4, 0.5) is 11.6 Å². The first-order valence-electron chi connectivity index (χ1n) is 39.2. The number of ether oxygens (including phenoxy) is 4. The molecule has 0 atom stereocenters. The van der Waals surface area contributed by atoms with Crippen molar-refractivity contribution in [1.29, 1.82) is 0 Å². The standard InChI is InChI=1S/C73H105N11O23S5Si3/c1-113(2,55-23-39-83(34-13-18-50-108(86,87)88,35-14-19-51-109(89,90)91)36-15-20-52-110(92,93)94)106-115(107-114(3,4)56-24-40-84(37-16-21-53-111(95,96)97,38-17-22-54-112(98,99)100)41-43-102-45-47-104-49-48-103-46-44-101-42-33-65(85)105-74)79-66-57-25-5-6-26-58(57)67(79)76-69-61-29-9-10-30-62(61)71(81(69)115)78-73-64-32-12-11-31-63(64)72(82(73)115)77-70-60-28-8-7-27-59(60)68(75-66)80(70)115/h5-12,25-32H,13-24,33-56,74H2,1-4H3,(H3-2,86,87,88,89,90,91,92,93,94,95,96,97,98,99,100)/p+2. The quantitative estimate of drug-likeness (QED) is 0.00791. The van der Waals surface area contributed by atoms with Gasteiger partial charge in [0.2, 0.25) is 0 Å². The summed E-state index contributed by atoms with van der Waals surface area (Å²) in [5.74, 6) is 4.74. The number of quaternary nitrogens is 2. The molecule has 2 aromatic heterocycles. The number of carbonyl (C=O) groups excluding carboxylic acids is 1. The van der Waals surface area contributed by atoms with Gasteiger partial charge in [-0.1, -0.05) is 0 Å². The number of unbranched alkanes of at least 4 members (excludes halogenated alkanes) is 5. The van der Waals surface area contributed by atoms with Gasteiger partial charge >= 0.3 is 612 Å². The first kappa shape index (κ1) is 87.9. The van der Waals surface area contributed by atoms with Gasteiger partial charge in [0.15, 0.2) is 0 Å². The Hall–Kier alpha value is -6.45. The maximum absolute atomic E-state index is 12.3. The fourth-order valence-electron chi connectivity index (χ4n) is 18.2. The van der Waals surface area contributed by atoms with Crippen LogP contribution in [0.15, 0.2) is 117 Å². The molecule has 0 saturated heterocycles. The Kier molecular flexibility index (Phi) is 26.2. The van der Waals surface area contributed by atoms with Gasteiger partial charge < -0.3 is 14.3 Å². The molecule has 0 amide bonds. The van der Waals surface area contributed by atoms with Crippen LogP contribution >= 0.6 is 0 Å².